The van der Waals surface area contributed by atoms with Crippen LogP contribution < -0.4 is 4.31 Å². The van der Waals surface area contributed by atoms with Gasteiger partial charge in [0.2, 0.25) is 15.9 Å². The van der Waals surface area contributed by atoms with Gasteiger partial charge in [-0.25, -0.2) is 8.42 Å². The number of amides is 1. The molecule has 6 nitrogen and oxygen atoms in total. The second-order valence-corrected chi connectivity index (χ2v) is 10.2. The highest BCUT2D eigenvalue weighted by molar-refractivity contribution is 7.92. The van der Waals surface area contributed by atoms with Gasteiger partial charge in [0.25, 0.3) is 0 Å². The molecule has 1 aliphatic heterocycles. The van der Waals surface area contributed by atoms with Crippen LogP contribution in [0, 0.1) is 6.92 Å². The first-order chi connectivity index (χ1) is 15.3. The predicted molar refractivity (Wildman–Crippen MR) is 131 cm³/mol. The van der Waals surface area contributed by atoms with Crippen molar-refractivity contribution in [2.24, 2.45) is 0 Å². The van der Waals surface area contributed by atoms with Gasteiger partial charge in [0.15, 0.2) is 0 Å². The van der Waals surface area contributed by atoms with Crippen molar-refractivity contribution in [2.45, 2.75) is 19.8 Å². The summed E-state index contributed by atoms with van der Waals surface area (Å²) >= 11 is 0. The van der Waals surface area contributed by atoms with Crippen LogP contribution in [0.1, 0.15) is 24.0 Å². The van der Waals surface area contributed by atoms with Crippen LogP contribution in [0.5, 0.6) is 0 Å². The largest absolute Gasteiger partial charge is 0.340 e. The number of sulfonamides is 1. The Hall–Kier alpha value is -2.64. The van der Waals surface area contributed by atoms with E-state index in [1.807, 2.05) is 54.3 Å². The molecule has 0 spiro atoms. The summed E-state index contributed by atoms with van der Waals surface area (Å²) in [7, 11) is -3.39. The first-order valence-electron chi connectivity index (χ1n) is 11.1. The number of anilines is 1. The average Bonchev–Trinajstić information content (AvgIpc) is 2.78. The van der Waals surface area contributed by atoms with Crippen molar-refractivity contribution < 1.29 is 13.2 Å². The molecule has 0 N–H and O–H groups in total. The van der Waals surface area contributed by atoms with Gasteiger partial charge in [-0.05, 0) is 31.0 Å². The van der Waals surface area contributed by atoms with E-state index in [4.69, 9.17) is 0 Å². The Morgan fingerprint density at radius 3 is 2.28 bits per heavy atom. The van der Waals surface area contributed by atoms with Gasteiger partial charge < -0.3 is 4.90 Å². The van der Waals surface area contributed by atoms with Crippen LogP contribution in [-0.4, -0.2) is 69.6 Å². The Kier molecular flexibility index (Phi) is 8.47. The monoisotopic (exact) mass is 455 g/mol. The van der Waals surface area contributed by atoms with Crippen LogP contribution in [0.3, 0.4) is 0 Å². The Bertz CT molecular complexity index is 996. The smallest absolute Gasteiger partial charge is 0.232 e. The molecule has 1 amide bonds. The Balaban J connectivity index is 1.42. The molecule has 0 unspecified atom stereocenters. The van der Waals surface area contributed by atoms with Crippen LogP contribution in [0.15, 0.2) is 60.7 Å². The molecule has 1 aliphatic rings. The zero-order valence-corrected chi connectivity index (χ0v) is 19.8. The molecule has 1 fully saturated rings. The highest BCUT2D eigenvalue weighted by Crippen LogP contribution is 2.19. The molecule has 0 radical (unpaired) electrons. The van der Waals surface area contributed by atoms with Gasteiger partial charge in [0.1, 0.15) is 0 Å². The van der Waals surface area contributed by atoms with Gasteiger partial charge in [-0.15, -0.1) is 0 Å². The quantitative estimate of drug-likeness (QED) is 0.582. The lowest BCUT2D eigenvalue weighted by molar-refractivity contribution is -0.132. The highest BCUT2D eigenvalue weighted by atomic mass is 32.2. The summed E-state index contributed by atoms with van der Waals surface area (Å²) in [5, 5.41) is 0. The minimum atomic E-state index is -3.39. The van der Waals surface area contributed by atoms with Gasteiger partial charge in [0, 0.05) is 45.7 Å². The Labute approximate surface area is 192 Å². The molecule has 7 heteroatoms. The molecule has 1 saturated heterocycles. The molecular weight excluding hydrogens is 422 g/mol. The normalized spacial score (nSPS) is 15.2. The molecule has 172 valence electrons. The molecule has 0 aromatic heterocycles. The highest BCUT2D eigenvalue weighted by Gasteiger charge is 2.22. The first kappa shape index (κ1) is 24.0. The Morgan fingerprint density at radius 1 is 1.00 bits per heavy atom. The van der Waals surface area contributed by atoms with Gasteiger partial charge in [-0.3, -0.25) is 14.0 Å². The molecule has 0 bridgehead atoms. The van der Waals surface area contributed by atoms with Crippen molar-refractivity contribution in [1.82, 2.24) is 9.80 Å². The standard InChI is InChI=1S/C25H33N3O3S/c1-22-12-14-24(15-13-22)28(32(2,30)31)17-7-11-25(29)27-20-18-26(19-21-27)16-6-10-23-8-4-3-5-9-23/h3-6,8-10,12-15H,7,11,16-21H2,1-2H3/b10-6+. The summed E-state index contributed by atoms with van der Waals surface area (Å²) < 4.78 is 25.8. The fourth-order valence-corrected chi connectivity index (χ4v) is 4.78. The summed E-state index contributed by atoms with van der Waals surface area (Å²) in [6.45, 7) is 6.27. The number of carbonyl (C=O) groups is 1. The summed E-state index contributed by atoms with van der Waals surface area (Å²) in [6.07, 6.45) is 6.35. The van der Waals surface area contributed by atoms with Crippen molar-refractivity contribution in [3.8, 4) is 0 Å². The lowest BCUT2D eigenvalue weighted by atomic mass is 10.2. The van der Waals surface area contributed by atoms with Crippen molar-refractivity contribution in [1.29, 1.82) is 0 Å². The lowest BCUT2D eigenvalue weighted by Gasteiger charge is -2.34. The van der Waals surface area contributed by atoms with Gasteiger partial charge in [0.05, 0.1) is 11.9 Å². The third-order valence-electron chi connectivity index (χ3n) is 5.67. The topological polar surface area (TPSA) is 60.9 Å². The van der Waals surface area contributed by atoms with Crippen molar-refractivity contribution in [2.75, 3.05) is 49.8 Å². The zero-order chi connectivity index (χ0) is 23.0. The number of carbonyl (C=O) groups excluding carboxylic acids is 1. The average molecular weight is 456 g/mol. The van der Waals surface area contributed by atoms with Crippen LogP contribution in [-0.2, 0) is 14.8 Å². The maximum absolute atomic E-state index is 12.6. The van der Waals surface area contributed by atoms with Crippen molar-refractivity contribution >= 4 is 27.7 Å². The van der Waals surface area contributed by atoms with Gasteiger partial charge in [-0.2, -0.15) is 0 Å². The molecular formula is C25H33N3O3S. The SMILES string of the molecule is Cc1ccc(N(CCCC(=O)N2CCN(C/C=C/c3ccccc3)CC2)S(C)(=O)=O)cc1. The molecule has 0 atom stereocenters. The minimum absolute atomic E-state index is 0.0989. The Morgan fingerprint density at radius 2 is 1.66 bits per heavy atom. The molecule has 1 heterocycles. The van der Waals surface area contributed by atoms with E-state index in [1.54, 1.807) is 0 Å². The van der Waals surface area contributed by atoms with E-state index in [-0.39, 0.29) is 5.91 Å². The third kappa shape index (κ3) is 7.21. The van der Waals surface area contributed by atoms with Crippen LogP contribution in [0.2, 0.25) is 0 Å². The summed E-state index contributed by atoms with van der Waals surface area (Å²) in [5.74, 6) is 0.0989. The maximum atomic E-state index is 12.6. The summed E-state index contributed by atoms with van der Waals surface area (Å²) in [5.41, 5.74) is 2.91. The van der Waals surface area contributed by atoms with E-state index in [0.29, 0.717) is 38.2 Å². The molecule has 0 saturated carbocycles. The molecule has 3 rings (SSSR count). The van der Waals surface area contributed by atoms with Crippen LogP contribution >= 0.6 is 0 Å². The number of nitrogens with zero attached hydrogens (tertiary/aromatic N) is 3. The third-order valence-corrected chi connectivity index (χ3v) is 6.87. The predicted octanol–water partition coefficient (Wildman–Crippen LogP) is 3.40. The van der Waals surface area contributed by atoms with E-state index in [2.05, 4.69) is 29.2 Å². The van der Waals surface area contributed by atoms with E-state index in [0.717, 1.165) is 25.2 Å². The lowest BCUT2D eigenvalue weighted by Crippen LogP contribution is -2.48. The molecule has 0 aliphatic carbocycles. The van der Waals surface area contributed by atoms with E-state index >= 15 is 0 Å². The van der Waals surface area contributed by atoms with Gasteiger partial charge >= 0.3 is 0 Å². The van der Waals surface area contributed by atoms with Crippen LogP contribution in [0.25, 0.3) is 6.08 Å². The fraction of sp³-hybridized carbons (Fsp3) is 0.400. The molecule has 32 heavy (non-hydrogen) atoms. The van der Waals surface area contributed by atoms with Gasteiger partial charge in [-0.1, -0.05) is 60.2 Å². The minimum Gasteiger partial charge on any atom is -0.340 e. The first-order valence-corrected chi connectivity index (χ1v) is 12.9. The summed E-state index contributed by atoms with van der Waals surface area (Å²) in [6, 6.07) is 17.6. The van der Waals surface area contributed by atoms with E-state index in [9.17, 15) is 13.2 Å². The number of piperazine rings is 1. The second-order valence-electron chi connectivity index (χ2n) is 8.27. The van der Waals surface area contributed by atoms with E-state index < -0.39 is 10.0 Å². The van der Waals surface area contributed by atoms with Crippen molar-refractivity contribution in [3.63, 3.8) is 0 Å². The molecule has 2 aromatic carbocycles. The summed E-state index contributed by atoms with van der Waals surface area (Å²) in [4.78, 5) is 16.9. The number of hydrogen-bond donors (Lipinski definition) is 0. The molecule has 2 aromatic rings. The van der Waals surface area contributed by atoms with E-state index in [1.165, 1.54) is 16.1 Å². The number of aryl methyl sites for hydroxylation is 1. The van der Waals surface area contributed by atoms with Crippen LogP contribution in [0.4, 0.5) is 5.69 Å². The second kappa shape index (κ2) is 11.3. The fourth-order valence-electron chi connectivity index (χ4n) is 3.81. The number of benzene rings is 2. The zero-order valence-electron chi connectivity index (χ0n) is 19.0. The van der Waals surface area contributed by atoms with Crippen molar-refractivity contribution in [3.05, 3.63) is 71.8 Å². The number of rotatable bonds is 9. The maximum Gasteiger partial charge on any atom is 0.232 e. The number of hydrogen-bond acceptors (Lipinski definition) is 4.